The van der Waals surface area contributed by atoms with Gasteiger partial charge in [0, 0.05) is 0 Å². The molecule has 0 aliphatic heterocycles. The van der Waals surface area contributed by atoms with Crippen LogP contribution in [0.5, 0.6) is 0 Å². The van der Waals surface area contributed by atoms with Gasteiger partial charge >= 0.3 is 339 Å². The molecule has 0 spiro atoms. The van der Waals surface area contributed by atoms with Crippen molar-refractivity contribution in [2.45, 2.75) is 27.7 Å². The van der Waals surface area contributed by atoms with Crippen molar-refractivity contribution in [1.29, 1.82) is 10.5 Å². The van der Waals surface area contributed by atoms with Gasteiger partial charge < -0.3 is 0 Å². The normalized spacial score (nSPS) is 11.2. The van der Waals surface area contributed by atoms with Gasteiger partial charge in [-0.15, -0.1) is 0 Å². The molecule has 4 nitrogen and oxygen atoms in total. The SMILES string of the molecule is Cc1ccc(N(c2cccc[c]2[Pb])c2cc3ccc4cc(N(c5ccc(C)cc5C)c5cccc[c]5[Pb])c(C#N)c5ccc(c2C#N)c3c45)c(C)c1. The number of hydrogen-bond donors (Lipinski definition) is 0. The molecule has 0 saturated carbocycles. The van der Waals surface area contributed by atoms with Crippen molar-refractivity contribution in [3.63, 3.8) is 0 Å². The molecule has 0 saturated heterocycles. The molecule has 0 aliphatic carbocycles. The quantitative estimate of drug-likeness (QED) is 0.123. The third kappa shape index (κ3) is 5.64. The van der Waals surface area contributed by atoms with Crippen molar-refractivity contribution in [3.8, 4) is 12.1 Å². The van der Waals surface area contributed by atoms with E-state index < -0.39 is 0 Å². The molecule has 0 bridgehead atoms. The molecule has 0 unspecified atom stereocenters. The second kappa shape index (κ2) is 13.6. The van der Waals surface area contributed by atoms with Crippen LogP contribution in [-0.2, 0) is 0 Å². The first-order chi connectivity index (χ1) is 25.2. The Bertz CT molecular complexity index is 2620. The van der Waals surface area contributed by atoms with Gasteiger partial charge in [0.05, 0.1) is 0 Å². The average molecular weight is 1060 g/mol. The van der Waals surface area contributed by atoms with E-state index in [-0.39, 0.29) is 0 Å². The van der Waals surface area contributed by atoms with Crippen LogP contribution in [0.4, 0.5) is 34.1 Å². The third-order valence-corrected chi connectivity index (χ3v) is 13.3. The van der Waals surface area contributed by atoms with Gasteiger partial charge in [-0.05, 0) is 0 Å². The van der Waals surface area contributed by atoms with Crippen molar-refractivity contribution in [3.05, 3.63) is 155 Å². The number of benzene rings is 8. The molecular formula is C46H32N4Pb2. The van der Waals surface area contributed by atoms with E-state index in [1.54, 1.807) is 0 Å². The van der Waals surface area contributed by atoms with Crippen LogP contribution in [0.1, 0.15) is 33.4 Å². The Morgan fingerprint density at radius 1 is 0.442 bits per heavy atom. The van der Waals surface area contributed by atoms with Crippen LogP contribution in [0.15, 0.2) is 121 Å². The van der Waals surface area contributed by atoms with Gasteiger partial charge in [-0.2, -0.15) is 0 Å². The predicted molar refractivity (Wildman–Crippen MR) is 219 cm³/mol. The molecule has 8 aromatic rings. The maximum absolute atomic E-state index is 11.0. The number of hydrogen-bond acceptors (Lipinski definition) is 4. The molecule has 8 aromatic carbocycles. The molecule has 244 valence electrons. The molecule has 0 heterocycles. The molecule has 52 heavy (non-hydrogen) atoms. The first-order valence-corrected chi connectivity index (χ1v) is 21.0. The monoisotopic (exact) mass is 1060 g/mol. The molecule has 0 atom stereocenters. The zero-order chi connectivity index (χ0) is 36.3. The number of nitrogens with zero attached hydrogens (tertiary/aromatic N) is 4. The number of para-hydroxylation sites is 2. The summed E-state index contributed by atoms with van der Waals surface area (Å²) in [7, 11) is 0. The topological polar surface area (TPSA) is 54.1 Å². The van der Waals surface area contributed by atoms with Gasteiger partial charge in [-0.25, -0.2) is 0 Å². The van der Waals surface area contributed by atoms with Crippen molar-refractivity contribution in [2.75, 3.05) is 9.80 Å². The number of nitriles is 2. The Hall–Kier alpha value is -4.78. The Morgan fingerprint density at radius 2 is 0.846 bits per heavy atom. The Morgan fingerprint density at radius 3 is 1.21 bits per heavy atom. The molecule has 0 amide bonds. The third-order valence-electron chi connectivity index (χ3n) is 10.0. The van der Waals surface area contributed by atoms with Crippen LogP contribution in [0, 0.1) is 50.4 Å². The number of anilines is 6. The van der Waals surface area contributed by atoms with E-state index in [1.807, 2.05) is 0 Å². The molecule has 0 aliphatic rings. The first kappa shape index (κ1) is 34.3. The van der Waals surface area contributed by atoms with Gasteiger partial charge in [0.2, 0.25) is 0 Å². The average Bonchev–Trinajstić information content (AvgIpc) is 3.13. The zero-order valence-electron chi connectivity index (χ0n) is 29.3. The van der Waals surface area contributed by atoms with E-state index in [4.69, 9.17) is 0 Å². The van der Waals surface area contributed by atoms with E-state index in [0.717, 1.165) is 129 Å². The Balaban J connectivity index is 1.43. The molecule has 6 heteroatoms. The van der Waals surface area contributed by atoms with Crippen LogP contribution in [0.3, 0.4) is 0 Å². The van der Waals surface area contributed by atoms with Crippen LogP contribution in [-0.4, -0.2) is 51.5 Å². The molecular weight excluding hydrogens is 1020 g/mol. The summed E-state index contributed by atoms with van der Waals surface area (Å²) in [6.45, 7) is 8.51. The minimum absolute atomic E-state index is 0.621. The number of aryl methyl sites for hydroxylation is 4. The molecule has 0 aromatic heterocycles. The fourth-order valence-corrected chi connectivity index (χ4v) is 10.0. The summed E-state index contributed by atoms with van der Waals surface area (Å²) in [5, 5.41) is 27.9. The second-order valence-electron chi connectivity index (χ2n) is 13.5. The molecule has 8 rings (SSSR count). The number of rotatable bonds is 6. The Labute approximate surface area is 336 Å². The summed E-state index contributed by atoms with van der Waals surface area (Å²) >= 11 is 1.71. The summed E-state index contributed by atoms with van der Waals surface area (Å²) in [5.74, 6) is 0. The molecule has 6 radical (unpaired) electrons. The first-order valence-electron chi connectivity index (χ1n) is 17.1. The van der Waals surface area contributed by atoms with Crippen LogP contribution < -0.4 is 16.0 Å². The second-order valence-corrected chi connectivity index (χ2v) is 17.7. The summed E-state index contributed by atoms with van der Waals surface area (Å²) in [5.41, 5.74) is 11.9. The van der Waals surface area contributed by atoms with Crippen molar-refractivity contribution in [1.82, 2.24) is 0 Å². The van der Waals surface area contributed by atoms with Gasteiger partial charge in [-0.1, -0.05) is 0 Å². The van der Waals surface area contributed by atoms with E-state index >= 15 is 0 Å². The molecule has 0 fully saturated rings. The van der Waals surface area contributed by atoms with E-state index in [9.17, 15) is 10.5 Å². The van der Waals surface area contributed by atoms with Gasteiger partial charge in [0.25, 0.3) is 0 Å². The zero-order valence-corrected chi connectivity index (χ0v) is 37.1. The maximum atomic E-state index is 11.0. The fraction of sp³-hybridized carbons (Fsp3) is 0.0870. The van der Waals surface area contributed by atoms with E-state index in [1.165, 1.54) is 17.4 Å². The minimum atomic E-state index is 0.621. The van der Waals surface area contributed by atoms with Crippen molar-refractivity contribution < 1.29 is 0 Å². The van der Waals surface area contributed by atoms with Crippen molar-refractivity contribution in [2.24, 2.45) is 0 Å². The van der Waals surface area contributed by atoms with Crippen LogP contribution in [0.25, 0.3) is 32.3 Å². The molecule has 0 N–H and O–H groups in total. The van der Waals surface area contributed by atoms with Crippen LogP contribution >= 0.6 is 0 Å². The van der Waals surface area contributed by atoms with Gasteiger partial charge in [0.1, 0.15) is 0 Å². The predicted octanol–water partition coefficient (Wildman–Crippen LogP) is 10.1. The van der Waals surface area contributed by atoms with Gasteiger partial charge in [-0.3, -0.25) is 0 Å². The van der Waals surface area contributed by atoms with E-state index in [0.29, 0.717) is 11.1 Å². The van der Waals surface area contributed by atoms with E-state index in [2.05, 4.69) is 171 Å². The summed E-state index contributed by atoms with van der Waals surface area (Å²) < 4.78 is 2.51. The van der Waals surface area contributed by atoms with Gasteiger partial charge in [0.15, 0.2) is 0 Å². The Kier molecular flexibility index (Phi) is 9.01. The summed E-state index contributed by atoms with van der Waals surface area (Å²) in [4.78, 5) is 4.55. The summed E-state index contributed by atoms with van der Waals surface area (Å²) in [6.07, 6.45) is 0. The van der Waals surface area contributed by atoms with Crippen LogP contribution in [0.2, 0.25) is 0 Å². The fourth-order valence-electron chi connectivity index (χ4n) is 7.74. The summed E-state index contributed by atoms with van der Waals surface area (Å²) in [6, 6.07) is 48.1. The standard InChI is InChI=1S/C46H32N4.2Pb/c1-29-15-21-41(31(3)23-29)49(35-11-7-5-8-12-35)43-25-33-17-18-34-26-44(40(28-48)38-20-19-37(39(43)27-47)45(33)46(34)38)50(36-13-9-6-10-14-36)42-22-16-30(2)24-32(42)4;;/h5-11,13,15-26H,1-4H3;;. The van der Waals surface area contributed by atoms with Crippen molar-refractivity contribution >= 4 is 124 Å².